The number of hydrogen-bond donors (Lipinski definition) is 3. The second kappa shape index (κ2) is 7.74. The number of hydrogen-bond acceptors (Lipinski definition) is 4. The first-order valence-electron chi connectivity index (χ1n) is 10.9. The number of pyridine rings is 1. The number of aromatic amines is 2. The fourth-order valence-corrected chi connectivity index (χ4v) is 4.78. The molecule has 5 aromatic rings. The van der Waals surface area contributed by atoms with Crippen LogP contribution in [0.25, 0.3) is 27.6 Å². The fraction of sp³-hybridized carbons (Fsp3) is 0.0741. The number of nitrogens with one attached hydrogen (secondary N) is 2. The van der Waals surface area contributed by atoms with E-state index in [4.69, 9.17) is 0 Å². The average Bonchev–Trinajstić information content (AvgIpc) is 3.55. The maximum Gasteiger partial charge on any atom is 0.295 e. The SMILES string of the molecule is O=C1C(=O)N(Cc2ccncc2)C(c2c[nH]c3ccccc23)/C1=C(\O)c1c[nH]c2ccccc12. The van der Waals surface area contributed by atoms with Gasteiger partial charge in [-0.2, -0.15) is 0 Å². The number of carbonyl (C=O) groups is 2. The second-order valence-corrected chi connectivity index (χ2v) is 8.32. The van der Waals surface area contributed by atoms with Gasteiger partial charge in [0.25, 0.3) is 11.7 Å². The van der Waals surface area contributed by atoms with E-state index in [1.54, 1.807) is 18.6 Å². The lowest BCUT2D eigenvalue weighted by Gasteiger charge is -2.25. The van der Waals surface area contributed by atoms with E-state index < -0.39 is 17.7 Å². The third-order valence-electron chi connectivity index (χ3n) is 6.40. The fourth-order valence-electron chi connectivity index (χ4n) is 4.78. The van der Waals surface area contributed by atoms with Gasteiger partial charge in [0.05, 0.1) is 11.6 Å². The van der Waals surface area contributed by atoms with Gasteiger partial charge in [-0.15, -0.1) is 0 Å². The van der Waals surface area contributed by atoms with Crippen LogP contribution in [0.1, 0.15) is 22.7 Å². The van der Waals surface area contributed by atoms with Gasteiger partial charge in [0.15, 0.2) is 0 Å². The summed E-state index contributed by atoms with van der Waals surface area (Å²) in [6.45, 7) is 0.210. The number of Topliss-reactive ketones (excluding diaryl/α,β-unsaturated/α-hetero) is 1. The Bertz CT molecular complexity index is 1600. The van der Waals surface area contributed by atoms with Gasteiger partial charge in [-0.1, -0.05) is 36.4 Å². The number of rotatable bonds is 4. The summed E-state index contributed by atoms with van der Waals surface area (Å²) in [6.07, 6.45) is 6.78. The van der Waals surface area contributed by atoms with Crippen LogP contribution in [0.2, 0.25) is 0 Å². The minimum Gasteiger partial charge on any atom is -0.507 e. The topological polar surface area (TPSA) is 102 Å². The second-order valence-electron chi connectivity index (χ2n) is 8.32. The zero-order valence-electron chi connectivity index (χ0n) is 18.0. The Balaban J connectivity index is 1.58. The molecule has 0 spiro atoms. The first-order chi connectivity index (χ1) is 16.6. The number of para-hydroxylation sites is 2. The largest absolute Gasteiger partial charge is 0.507 e. The Labute approximate surface area is 194 Å². The molecule has 34 heavy (non-hydrogen) atoms. The molecule has 7 nitrogen and oxygen atoms in total. The van der Waals surface area contributed by atoms with Crippen LogP contribution in [0.4, 0.5) is 0 Å². The number of likely N-dealkylation sites (tertiary alicyclic amines) is 1. The third-order valence-corrected chi connectivity index (χ3v) is 6.40. The van der Waals surface area contributed by atoms with Crippen molar-refractivity contribution in [3.05, 3.63) is 108 Å². The molecule has 0 saturated carbocycles. The molecule has 2 aromatic carbocycles. The van der Waals surface area contributed by atoms with Gasteiger partial charge in [0.1, 0.15) is 5.76 Å². The maximum atomic E-state index is 13.4. The molecule has 1 unspecified atom stereocenters. The summed E-state index contributed by atoms with van der Waals surface area (Å²) in [5.74, 6) is -1.54. The van der Waals surface area contributed by atoms with Gasteiger partial charge in [-0.05, 0) is 29.8 Å². The summed E-state index contributed by atoms with van der Waals surface area (Å²) in [4.78, 5) is 38.6. The summed E-state index contributed by atoms with van der Waals surface area (Å²) >= 11 is 0. The highest BCUT2D eigenvalue weighted by molar-refractivity contribution is 6.46. The summed E-state index contributed by atoms with van der Waals surface area (Å²) in [6, 6.07) is 18.1. The standard InChI is InChI=1S/C27H20N4O3/c32-25(20-14-30-22-8-4-2-6-18(20)22)23-24(19-13-29-21-7-3-1-5-17(19)21)31(27(34)26(23)33)15-16-9-11-28-12-10-16/h1-14,24,29-30,32H,15H2/b25-23+. The van der Waals surface area contributed by atoms with E-state index in [2.05, 4.69) is 15.0 Å². The molecule has 0 bridgehead atoms. The normalized spacial score (nSPS) is 17.8. The molecule has 1 saturated heterocycles. The van der Waals surface area contributed by atoms with E-state index in [0.29, 0.717) is 5.56 Å². The van der Waals surface area contributed by atoms with Crippen molar-refractivity contribution < 1.29 is 14.7 Å². The molecule has 1 atom stereocenters. The first kappa shape index (κ1) is 20.0. The number of fused-ring (bicyclic) bond motifs is 2. The Morgan fingerprint density at radius 2 is 1.53 bits per heavy atom. The van der Waals surface area contributed by atoms with Gasteiger partial charge in [0.2, 0.25) is 0 Å². The highest BCUT2D eigenvalue weighted by atomic mass is 16.3. The van der Waals surface area contributed by atoms with Crippen molar-refractivity contribution in [1.82, 2.24) is 19.9 Å². The van der Waals surface area contributed by atoms with Crippen LogP contribution >= 0.6 is 0 Å². The van der Waals surface area contributed by atoms with E-state index in [-0.39, 0.29) is 17.9 Å². The number of ketones is 1. The average molecular weight is 448 g/mol. The van der Waals surface area contributed by atoms with Gasteiger partial charge in [0, 0.05) is 64.3 Å². The molecular weight excluding hydrogens is 428 g/mol. The van der Waals surface area contributed by atoms with E-state index in [1.165, 1.54) is 4.90 Å². The molecule has 1 amide bonds. The Kier molecular flexibility index (Phi) is 4.55. The van der Waals surface area contributed by atoms with Crippen LogP contribution < -0.4 is 0 Å². The molecule has 1 aliphatic heterocycles. The van der Waals surface area contributed by atoms with Crippen LogP contribution in [0.3, 0.4) is 0 Å². The first-order valence-corrected chi connectivity index (χ1v) is 10.9. The summed E-state index contributed by atoms with van der Waals surface area (Å²) < 4.78 is 0. The van der Waals surface area contributed by atoms with Crippen LogP contribution in [-0.4, -0.2) is 36.6 Å². The Morgan fingerprint density at radius 1 is 0.882 bits per heavy atom. The van der Waals surface area contributed by atoms with Crippen LogP contribution in [0.5, 0.6) is 0 Å². The number of H-pyrrole nitrogens is 2. The summed E-state index contributed by atoms with van der Waals surface area (Å²) in [7, 11) is 0. The van der Waals surface area contributed by atoms with Crippen LogP contribution in [0.15, 0.2) is 91.0 Å². The minimum absolute atomic E-state index is 0.0774. The van der Waals surface area contributed by atoms with E-state index in [9.17, 15) is 14.7 Å². The number of carbonyl (C=O) groups excluding carboxylic acids is 2. The zero-order chi connectivity index (χ0) is 23.2. The van der Waals surface area contributed by atoms with Crippen molar-refractivity contribution in [3.63, 3.8) is 0 Å². The molecular formula is C27H20N4O3. The Hall–Kier alpha value is -4.65. The molecule has 0 aliphatic carbocycles. The van der Waals surface area contributed by atoms with Gasteiger partial charge < -0.3 is 20.0 Å². The smallest absolute Gasteiger partial charge is 0.295 e. The number of nitrogens with zero attached hydrogens (tertiary/aromatic N) is 2. The van der Waals surface area contributed by atoms with Crippen molar-refractivity contribution in [1.29, 1.82) is 0 Å². The highest BCUT2D eigenvalue weighted by Gasteiger charge is 2.47. The van der Waals surface area contributed by atoms with E-state index in [1.807, 2.05) is 66.9 Å². The van der Waals surface area contributed by atoms with Crippen molar-refractivity contribution in [2.45, 2.75) is 12.6 Å². The minimum atomic E-state index is -0.752. The summed E-state index contributed by atoms with van der Waals surface area (Å²) in [5, 5.41) is 13.1. The monoisotopic (exact) mass is 448 g/mol. The van der Waals surface area contributed by atoms with E-state index >= 15 is 0 Å². The molecule has 1 fully saturated rings. The lowest BCUT2D eigenvalue weighted by Crippen LogP contribution is -2.29. The molecule has 4 heterocycles. The van der Waals surface area contributed by atoms with Crippen LogP contribution in [0, 0.1) is 0 Å². The van der Waals surface area contributed by atoms with Gasteiger partial charge in [-0.3, -0.25) is 14.6 Å². The summed E-state index contributed by atoms with van der Waals surface area (Å²) in [5.41, 5.74) is 3.88. The predicted molar refractivity (Wildman–Crippen MR) is 129 cm³/mol. The number of benzene rings is 2. The lowest BCUT2D eigenvalue weighted by molar-refractivity contribution is -0.140. The number of aliphatic hydroxyl groups is 1. The van der Waals surface area contributed by atoms with Crippen LogP contribution in [-0.2, 0) is 16.1 Å². The molecule has 166 valence electrons. The maximum absolute atomic E-state index is 13.4. The lowest BCUT2D eigenvalue weighted by atomic mass is 9.94. The molecule has 3 aromatic heterocycles. The highest BCUT2D eigenvalue weighted by Crippen LogP contribution is 2.43. The zero-order valence-corrected chi connectivity index (χ0v) is 18.0. The molecule has 7 heteroatoms. The molecule has 6 rings (SSSR count). The van der Waals surface area contributed by atoms with Crippen molar-refractivity contribution in [3.8, 4) is 0 Å². The molecule has 3 N–H and O–H groups in total. The van der Waals surface area contributed by atoms with Gasteiger partial charge >= 0.3 is 0 Å². The van der Waals surface area contributed by atoms with Gasteiger partial charge in [-0.25, -0.2) is 0 Å². The number of aromatic nitrogens is 3. The quantitative estimate of drug-likeness (QED) is 0.211. The van der Waals surface area contributed by atoms with Crippen molar-refractivity contribution >= 4 is 39.3 Å². The van der Waals surface area contributed by atoms with Crippen molar-refractivity contribution in [2.24, 2.45) is 0 Å². The van der Waals surface area contributed by atoms with E-state index in [0.717, 1.165) is 32.9 Å². The van der Waals surface area contributed by atoms with Crippen molar-refractivity contribution in [2.75, 3.05) is 0 Å². The predicted octanol–water partition coefficient (Wildman–Crippen LogP) is 4.67. The molecule has 0 radical (unpaired) electrons. The third kappa shape index (κ3) is 3.02. The Morgan fingerprint density at radius 3 is 2.29 bits per heavy atom. The number of aliphatic hydroxyl groups excluding tert-OH is 1. The molecule has 1 aliphatic rings. The number of amides is 1.